The molecular formula is C22H18FNO4S. The summed E-state index contributed by atoms with van der Waals surface area (Å²) in [4.78, 5) is 25.2. The molecule has 0 radical (unpaired) electrons. The molecule has 1 N–H and O–H groups in total. The molecule has 5 nitrogen and oxygen atoms in total. The lowest BCUT2D eigenvalue weighted by Gasteiger charge is -2.12. The van der Waals surface area contributed by atoms with Crippen molar-refractivity contribution in [1.29, 1.82) is 0 Å². The number of carbonyl (C=O) groups excluding carboxylic acids is 2. The molecule has 0 heterocycles. The Morgan fingerprint density at radius 3 is 2.00 bits per heavy atom. The summed E-state index contributed by atoms with van der Waals surface area (Å²) in [7, 11) is -4.14. The van der Waals surface area contributed by atoms with Gasteiger partial charge in [0, 0.05) is 5.56 Å². The fourth-order valence-corrected chi connectivity index (χ4v) is 3.73. The molecule has 1 amide bonds. The second-order valence-electron chi connectivity index (χ2n) is 6.43. The highest BCUT2D eigenvalue weighted by Gasteiger charge is 2.27. The number of hydrogen-bond donors (Lipinski definition) is 1. The van der Waals surface area contributed by atoms with Gasteiger partial charge < -0.3 is 0 Å². The van der Waals surface area contributed by atoms with E-state index in [1.807, 2.05) is 4.72 Å². The molecule has 3 aromatic carbocycles. The van der Waals surface area contributed by atoms with Crippen molar-refractivity contribution in [3.05, 3.63) is 101 Å². The zero-order chi connectivity index (χ0) is 21.0. The van der Waals surface area contributed by atoms with E-state index in [1.165, 1.54) is 48.5 Å². The molecule has 0 bridgehead atoms. The lowest BCUT2D eigenvalue weighted by atomic mass is 9.97. The summed E-state index contributed by atoms with van der Waals surface area (Å²) >= 11 is 0. The Bertz CT molecular complexity index is 1140. The maximum Gasteiger partial charge on any atom is 0.265 e. The zero-order valence-corrected chi connectivity index (χ0v) is 16.3. The number of halogens is 1. The SMILES string of the molecule is Cc1ccc(S(=O)(=O)NC(=O)c2ccccc2C(=O)C(F)c2ccccc2)cc1. The average Bonchev–Trinajstić information content (AvgIpc) is 2.73. The zero-order valence-electron chi connectivity index (χ0n) is 15.5. The molecule has 0 fully saturated rings. The number of amides is 1. The minimum absolute atomic E-state index is 0.0899. The van der Waals surface area contributed by atoms with E-state index in [0.717, 1.165) is 5.56 Å². The summed E-state index contributed by atoms with van der Waals surface area (Å²) in [6.07, 6.45) is -1.97. The van der Waals surface area contributed by atoms with Crippen molar-refractivity contribution in [2.45, 2.75) is 18.0 Å². The van der Waals surface area contributed by atoms with Crippen LogP contribution in [0.5, 0.6) is 0 Å². The Morgan fingerprint density at radius 2 is 1.38 bits per heavy atom. The Kier molecular flexibility index (Phi) is 5.89. The first kappa shape index (κ1) is 20.4. The predicted molar refractivity (Wildman–Crippen MR) is 107 cm³/mol. The second kappa shape index (κ2) is 8.36. The maximum absolute atomic E-state index is 14.7. The van der Waals surface area contributed by atoms with Gasteiger partial charge in [-0.25, -0.2) is 17.5 Å². The van der Waals surface area contributed by atoms with Crippen molar-refractivity contribution in [3.8, 4) is 0 Å². The number of rotatable bonds is 6. The number of nitrogens with one attached hydrogen (secondary N) is 1. The second-order valence-corrected chi connectivity index (χ2v) is 8.11. The van der Waals surface area contributed by atoms with Crippen LogP contribution in [0.25, 0.3) is 0 Å². The van der Waals surface area contributed by atoms with Crippen LogP contribution in [0.2, 0.25) is 0 Å². The number of alkyl halides is 1. The van der Waals surface area contributed by atoms with E-state index in [9.17, 15) is 22.4 Å². The van der Waals surface area contributed by atoms with Gasteiger partial charge >= 0.3 is 0 Å². The van der Waals surface area contributed by atoms with Crippen molar-refractivity contribution in [1.82, 2.24) is 4.72 Å². The van der Waals surface area contributed by atoms with Gasteiger partial charge in [0.15, 0.2) is 6.17 Å². The summed E-state index contributed by atoms with van der Waals surface area (Å²) < 4.78 is 41.6. The van der Waals surface area contributed by atoms with Crippen LogP contribution in [0.1, 0.15) is 38.0 Å². The highest BCUT2D eigenvalue weighted by molar-refractivity contribution is 7.90. The molecule has 0 aromatic heterocycles. The normalized spacial score (nSPS) is 12.2. The molecule has 0 aliphatic rings. The fraction of sp³-hybridized carbons (Fsp3) is 0.0909. The molecule has 3 aromatic rings. The molecule has 0 saturated heterocycles. The molecule has 7 heteroatoms. The van der Waals surface area contributed by atoms with E-state index >= 15 is 0 Å². The maximum atomic E-state index is 14.7. The summed E-state index contributed by atoms with van der Waals surface area (Å²) in [5.41, 5.74) is 0.605. The first-order valence-corrected chi connectivity index (χ1v) is 10.2. The van der Waals surface area contributed by atoms with Crippen LogP contribution >= 0.6 is 0 Å². The highest BCUT2D eigenvalue weighted by Crippen LogP contribution is 2.24. The third-order valence-electron chi connectivity index (χ3n) is 4.32. The third kappa shape index (κ3) is 4.57. The van der Waals surface area contributed by atoms with E-state index < -0.39 is 27.9 Å². The number of carbonyl (C=O) groups is 2. The van der Waals surface area contributed by atoms with Crippen LogP contribution in [0.15, 0.2) is 83.8 Å². The monoisotopic (exact) mass is 411 g/mol. The van der Waals surface area contributed by atoms with Crippen LogP contribution in [0.4, 0.5) is 4.39 Å². The standard InChI is InChI=1S/C22H18FNO4S/c1-15-11-13-17(14-12-15)29(27,28)24-22(26)19-10-6-5-9-18(19)21(25)20(23)16-7-3-2-4-8-16/h2-14,20H,1H3,(H,24,26). The molecular weight excluding hydrogens is 393 g/mol. The molecule has 0 saturated carbocycles. The highest BCUT2D eigenvalue weighted by atomic mass is 32.2. The number of aryl methyl sites for hydroxylation is 1. The predicted octanol–water partition coefficient (Wildman–Crippen LogP) is 4.01. The first-order chi connectivity index (χ1) is 13.8. The molecule has 0 spiro atoms. The summed E-state index contributed by atoms with van der Waals surface area (Å²) in [5, 5.41) is 0. The van der Waals surface area contributed by atoms with Gasteiger partial charge in [0.05, 0.1) is 10.5 Å². The fourth-order valence-electron chi connectivity index (χ4n) is 2.76. The van der Waals surface area contributed by atoms with Crippen LogP contribution in [-0.4, -0.2) is 20.1 Å². The van der Waals surface area contributed by atoms with Crippen LogP contribution < -0.4 is 4.72 Å². The molecule has 29 heavy (non-hydrogen) atoms. The summed E-state index contributed by atoms with van der Waals surface area (Å²) in [5.74, 6) is -1.93. The topological polar surface area (TPSA) is 80.3 Å². The Morgan fingerprint density at radius 1 is 0.828 bits per heavy atom. The van der Waals surface area contributed by atoms with Gasteiger partial charge in [-0.2, -0.15) is 0 Å². The molecule has 0 aliphatic carbocycles. The van der Waals surface area contributed by atoms with Crippen molar-refractivity contribution < 1.29 is 22.4 Å². The van der Waals surface area contributed by atoms with Crippen LogP contribution in [-0.2, 0) is 10.0 Å². The molecule has 1 unspecified atom stereocenters. The van der Waals surface area contributed by atoms with E-state index in [1.54, 1.807) is 37.3 Å². The number of Topliss-reactive ketones (excluding diaryl/α,β-unsaturated/α-hetero) is 1. The van der Waals surface area contributed by atoms with E-state index in [-0.39, 0.29) is 21.6 Å². The van der Waals surface area contributed by atoms with Gasteiger partial charge in [-0.15, -0.1) is 0 Å². The Balaban J connectivity index is 1.89. The van der Waals surface area contributed by atoms with Gasteiger partial charge in [0.1, 0.15) is 0 Å². The van der Waals surface area contributed by atoms with Gasteiger partial charge in [-0.05, 0) is 30.7 Å². The van der Waals surface area contributed by atoms with Gasteiger partial charge in [-0.3, -0.25) is 9.59 Å². The van der Waals surface area contributed by atoms with Crippen molar-refractivity contribution >= 4 is 21.7 Å². The number of benzene rings is 3. The molecule has 1 atom stereocenters. The Hall–Kier alpha value is -3.32. The van der Waals surface area contributed by atoms with Crippen molar-refractivity contribution in [3.63, 3.8) is 0 Å². The molecule has 148 valence electrons. The number of hydrogen-bond acceptors (Lipinski definition) is 4. The lowest BCUT2D eigenvalue weighted by molar-refractivity contribution is 0.0867. The largest absolute Gasteiger partial charge is 0.290 e. The number of ketones is 1. The van der Waals surface area contributed by atoms with Crippen LogP contribution in [0.3, 0.4) is 0 Å². The number of sulfonamides is 1. The minimum atomic E-state index is -4.14. The minimum Gasteiger partial charge on any atom is -0.290 e. The molecule has 3 rings (SSSR count). The van der Waals surface area contributed by atoms with E-state index in [2.05, 4.69) is 0 Å². The van der Waals surface area contributed by atoms with E-state index in [4.69, 9.17) is 0 Å². The quantitative estimate of drug-likeness (QED) is 0.622. The van der Waals surface area contributed by atoms with Crippen LogP contribution in [0, 0.1) is 6.92 Å². The Labute approximate surface area is 168 Å². The van der Waals surface area contributed by atoms with Crippen molar-refractivity contribution in [2.75, 3.05) is 0 Å². The van der Waals surface area contributed by atoms with Gasteiger partial charge in [-0.1, -0.05) is 66.2 Å². The van der Waals surface area contributed by atoms with E-state index in [0.29, 0.717) is 0 Å². The smallest absolute Gasteiger partial charge is 0.265 e. The summed E-state index contributed by atoms with van der Waals surface area (Å²) in [6, 6.07) is 19.3. The van der Waals surface area contributed by atoms with Crippen molar-refractivity contribution in [2.24, 2.45) is 0 Å². The average molecular weight is 411 g/mol. The third-order valence-corrected chi connectivity index (χ3v) is 5.66. The van der Waals surface area contributed by atoms with Gasteiger partial charge in [0.25, 0.3) is 15.9 Å². The summed E-state index contributed by atoms with van der Waals surface area (Å²) in [6.45, 7) is 1.80. The molecule has 0 aliphatic heterocycles. The van der Waals surface area contributed by atoms with Gasteiger partial charge in [0.2, 0.25) is 5.78 Å². The first-order valence-electron chi connectivity index (χ1n) is 8.75. The lowest BCUT2D eigenvalue weighted by Crippen LogP contribution is -2.32.